The third-order valence-corrected chi connectivity index (χ3v) is 13.3. The highest BCUT2D eigenvalue weighted by Gasteiger charge is 2.28. The Morgan fingerprint density at radius 2 is 1.05 bits per heavy atom. The second-order valence-electron chi connectivity index (χ2n) is 15.5. The Labute approximate surface area is 356 Å². The monoisotopic (exact) mass is 832 g/mol. The van der Waals surface area contributed by atoms with E-state index >= 15 is 0 Å². The number of pyridine rings is 2. The first kappa shape index (κ1) is 38.1. The van der Waals surface area contributed by atoms with Crippen LogP contribution in [-0.2, 0) is 0 Å². The minimum absolute atomic E-state index is 0.0293. The molecular weight excluding hydrogens is 789 g/mol. The number of rotatable bonds is 12. The number of hydrogen-bond acceptors (Lipinski definition) is 12. The van der Waals surface area contributed by atoms with Crippen molar-refractivity contribution >= 4 is 64.7 Å². The molecule has 0 amide bonds. The maximum absolute atomic E-state index is 10.2. The van der Waals surface area contributed by atoms with Crippen molar-refractivity contribution in [1.29, 1.82) is 0 Å². The molecular formula is C48H44N6O4S2. The molecule has 0 radical (unpaired) electrons. The Kier molecular flexibility index (Phi) is 11.0. The van der Waals surface area contributed by atoms with Gasteiger partial charge in [-0.15, -0.1) is 0 Å². The summed E-state index contributed by atoms with van der Waals surface area (Å²) in [6.45, 7) is 0. The summed E-state index contributed by atoms with van der Waals surface area (Å²) in [4.78, 5) is 19.0. The third-order valence-electron chi connectivity index (χ3n) is 11.4. The maximum Gasteiger partial charge on any atom is 0.225 e. The molecule has 0 spiro atoms. The van der Waals surface area contributed by atoms with E-state index in [0.717, 1.165) is 110 Å². The number of aliphatic hydroxyl groups excluding tert-OH is 1. The Hall–Kier alpha value is -6.08. The van der Waals surface area contributed by atoms with Crippen LogP contribution in [0.1, 0.15) is 74.3 Å². The summed E-state index contributed by atoms with van der Waals surface area (Å²) in [6.07, 6.45) is 8.56. The number of nitrogens with one attached hydrogen (secondary N) is 2. The molecule has 2 aliphatic rings. The van der Waals surface area contributed by atoms with Gasteiger partial charge in [-0.1, -0.05) is 53.0 Å². The average Bonchev–Trinajstić information content (AvgIpc) is 3.89. The topological polar surface area (TPSA) is 124 Å². The molecule has 12 heteroatoms. The van der Waals surface area contributed by atoms with Gasteiger partial charge in [0.15, 0.2) is 10.3 Å². The maximum atomic E-state index is 10.2. The molecule has 4 aromatic heterocycles. The molecule has 60 heavy (non-hydrogen) atoms. The zero-order chi connectivity index (χ0) is 40.3. The molecule has 10 nitrogen and oxygen atoms in total. The van der Waals surface area contributed by atoms with Gasteiger partial charge in [0.1, 0.15) is 17.6 Å². The van der Waals surface area contributed by atoms with E-state index in [2.05, 4.69) is 44.9 Å². The first-order chi connectivity index (χ1) is 29.5. The molecule has 0 unspecified atom stereocenters. The van der Waals surface area contributed by atoms with Gasteiger partial charge in [0.2, 0.25) is 17.6 Å². The summed E-state index contributed by atoms with van der Waals surface area (Å²) in [6, 6.07) is 40.3. The van der Waals surface area contributed by atoms with Crippen molar-refractivity contribution in [3.05, 3.63) is 139 Å². The summed E-state index contributed by atoms with van der Waals surface area (Å²) in [5.41, 5.74) is 6.01. The van der Waals surface area contributed by atoms with Gasteiger partial charge in [0.25, 0.3) is 0 Å². The minimum Gasteiger partial charge on any atom is -0.474 e. The zero-order valence-corrected chi connectivity index (χ0v) is 34.5. The standard InChI is InChI=1S/C48H44N6O4S2/c55-34-19-11-30(12-20-34)39-27-28-44(54-46(39)58-37-25-17-33(18-26-37)51-48-53-41-8-2-4-10-43(41)60-48)56-35-21-13-31(14-22-35)38-6-5-29-49-45(38)57-36-23-15-32(16-24-36)50-47-52-40-7-1-3-9-42(40)59-47/h1-10,15-18,23-31,34-35,55H,11-14,19-22H2,(H,50,52)(H,51,53). The van der Waals surface area contributed by atoms with Crippen molar-refractivity contribution in [3.63, 3.8) is 0 Å². The average molecular weight is 833 g/mol. The van der Waals surface area contributed by atoms with Crippen LogP contribution in [0.25, 0.3) is 20.4 Å². The van der Waals surface area contributed by atoms with E-state index < -0.39 is 0 Å². The Morgan fingerprint density at radius 3 is 1.63 bits per heavy atom. The summed E-state index contributed by atoms with van der Waals surface area (Å²) in [5, 5.41) is 18.8. The summed E-state index contributed by atoms with van der Waals surface area (Å²) in [5.74, 6) is 3.76. The lowest BCUT2D eigenvalue weighted by Crippen LogP contribution is -2.24. The number of fused-ring (bicyclic) bond motifs is 2. The fraction of sp³-hybridized carbons (Fsp3) is 0.250. The lowest BCUT2D eigenvalue weighted by molar-refractivity contribution is 0.121. The van der Waals surface area contributed by atoms with Crippen LogP contribution in [0.3, 0.4) is 0 Å². The molecule has 0 bridgehead atoms. The molecule has 10 rings (SSSR count). The van der Waals surface area contributed by atoms with Crippen LogP contribution in [0.5, 0.6) is 29.1 Å². The van der Waals surface area contributed by atoms with E-state index in [4.69, 9.17) is 24.2 Å². The van der Waals surface area contributed by atoms with Gasteiger partial charge in [0.05, 0.1) is 26.5 Å². The van der Waals surface area contributed by atoms with E-state index in [1.807, 2.05) is 97.1 Å². The first-order valence-electron chi connectivity index (χ1n) is 20.7. The molecule has 2 saturated carbocycles. The number of aromatic nitrogens is 4. The zero-order valence-electron chi connectivity index (χ0n) is 32.9. The second kappa shape index (κ2) is 17.3. The lowest BCUT2D eigenvalue weighted by atomic mass is 9.83. The van der Waals surface area contributed by atoms with Crippen LogP contribution >= 0.6 is 22.7 Å². The van der Waals surface area contributed by atoms with Gasteiger partial charge in [0, 0.05) is 34.8 Å². The van der Waals surface area contributed by atoms with Crippen molar-refractivity contribution in [2.45, 2.75) is 75.4 Å². The molecule has 0 saturated heterocycles. The van der Waals surface area contributed by atoms with Crippen molar-refractivity contribution in [2.75, 3.05) is 10.6 Å². The Balaban J connectivity index is 0.783. The molecule has 2 fully saturated rings. The fourth-order valence-corrected chi connectivity index (χ4v) is 10.0. The normalized spacial score (nSPS) is 19.2. The summed E-state index contributed by atoms with van der Waals surface area (Å²) in [7, 11) is 0. The molecule has 8 aromatic rings. The molecule has 302 valence electrons. The smallest absolute Gasteiger partial charge is 0.225 e. The third kappa shape index (κ3) is 8.77. The van der Waals surface area contributed by atoms with E-state index in [1.54, 1.807) is 28.9 Å². The molecule has 0 aliphatic heterocycles. The van der Waals surface area contributed by atoms with Gasteiger partial charge >= 0.3 is 0 Å². The van der Waals surface area contributed by atoms with Crippen LogP contribution < -0.4 is 24.8 Å². The molecule has 3 N–H and O–H groups in total. The summed E-state index contributed by atoms with van der Waals surface area (Å²) < 4.78 is 21.8. The molecule has 0 atom stereocenters. The van der Waals surface area contributed by atoms with Gasteiger partial charge in [-0.25, -0.2) is 15.0 Å². The number of para-hydroxylation sites is 2. The number of benzene rings is 4. The molecule has 4 heterocycles. The van der Waals surface area contributed by atoms with Crippen LogP contribution in [0, 0.1) is 0 Å². The van der Waals surface area contributed by atoms with Crippen molar-refractivity contribution in [2.24, 2.45) is 0 Å². The van der Waals surface area contributed by atoms with Crippen LogP contribution in [0.15, 0.2) is 128 Å². The quantitative estimate of drug-likeness (QED) is 0.110. The van der Waals surface area contributed by atoms with E-state index in [0.29, 0.717) is 29.3 Å². The van der Waals surface area contributed by atoms with E-state index in [1.165, 1.54) is 0 Å². The Morgan fingerprint density at radius 1 is 0.517 bits per heavy atom. The summed E-state index contributed by atoms with van der Waals surface area (Å²) >= 11 is 3.26. The van der Waals surface area contributed by atoms with Crippen molar-refractivity contribution < 1.29 is 19.3 Å². The highest BCUT2D eigenvalue weighted by molar-refractivity contribution is 7.22. The second-order valence-corrected chi connectivity index (χ2v) is 17.6. The van der Waals surface area contributed by atoms with Crippen LogP contribution in [0.4, 0.5) is 21.6 Å². The van der Waals surface area contributed by atoms with Gasteiger partial charge < -0.3 is 30.0 Å². The molecule has 2 aliphatic carbocycles. The number of thiazole rings is 2. The predicted octanol–water partition coefficient (Wildman–Crippen LogP) is 12.9. The Bertz CT molecular complexity index is 2640. The predicted molar refractivity (Wildman–Crippen MR) is 240 cm³/mol. The van der Waals surface area contributed by atoms with Crippen molar-refractivity contribution in [1.82, 2.24) is 19.9 Å². The number of nitrogens with zero attached hydrogens (tertiary/aromatic N) is 4. The highest BCUT2D eigenvalue weighted by atomic mass is 32.1. The number of aliphatic hydroxyl groups is 1. The largest absolute Gasteiger partial charge is 0.474 e. The first-order valence-corrected chi connectivity index (χ1v) is 22.3. The van der Waals surface area contributed by atoms with Crippen LogP contribution in [-0.4, -0.2) is 37.3 Å². The van der Waals surface area contributed by atoms with Crippen LogP contribution in [0.2, 0.25) is 0 Å². The number of anilines is 4. The highest BCUT2D eigenvalue weighted by Crippen LogP contribution is 2.42. The molecule has 4 aromatic carbocycles. The van der Waals surface area contributed by atoms with Gasteiger partial charge in [-0.3, -0.25) is 0 Å². The fourth-order valence-electron chi connectivity index (χ4n) is 8.28. The van der Waals surface area contributed by atoms with E-state index in [9.17, 15) is 5.11 Å². The van der Waals surface area contributed by atoms with E-state index in [-0.39, 0.29) is 18.1 Å². The number of ether oxygens (including phenoxy) is 3. The van der Waals surface area contributed by atoms with Gasteiger partial charge in [-0.2, -0.15) is 4.98 Å². The van der Waals surface area contributed by atoms with Crippen molar-refractivity contribution in [3.8, 4) is 29.1 Å². The van der Waals surface area contributed by atoms with Gasteiger partial charge in [-0.05, 0) is 148 Å². The number of hydrogen-bond donors (Lipinski definition) is 3. The lowest BCUT2D eigenvalue weighted by Gasteiger charge is -2.30. The SMILES string of the molecule is OC1CCC(c2ccc(OC3CCC(c4cccnc4Oc4ccc(Nc5nc6ccccc6s5)cc4)CC3)nc2Oc2ccc(Nc3nc4ccccc4s3)cc2)CC1. The minimum atomic E-state index is -0.244.